The molecule has 0 radical (unpaired) electrons. The number of rotatable bonds is 3. The zero-order chi connectivity index (χ0) is 17.0. The first-order chi connectivity index (χ1) is 10.8. The molecule has 2 rings (SSSR count). The molecule has 1 N–H and O–H groups in total. The number of hydrogen-bond acceptors (Lipinski definition) is 1. The second-order valence-electron chi connectivity index (χ2n) is 4.73. The number of carbonyl (C=O) groups excluding carboxylic acids is 1. The third-order valence-electron chi connectivity index (χ3n) is 3.14. The van der Waals surface area contributed by atoms with Gasteiger partial charge in [0.15, 0.2) is 0 Å². The van der Waals surface area contributed by atoms with Crippen molar-refractivity contribution >= 4 is 29.0 Å². The topological polar surface area (TPSA) is 32.3 Å². The Balaban J connectivity index is 2.18. The molecule has 122 valence electrons. The van der Waals surface area contributed by atoms with E-state index in [1.807, 2.05) is 0 Å². The highest BCUT2D eigenvalue weighted by Crippen LogP contribution is 2.30. The van der Waals surface area contributed by atoms with Crippen LogP contribution in [0.25, 0.3) is 0 Å². The van der Waals surface area contributed by atoms with E-state index in [0.717, 1.165) is 12.1 Å². The molecule has 23 heavy (non-hydrogen) atoms. The summed E-state index contributed by atoms with van der Waals surface area (Å²) in [7, 11) is 0. The Bertz CT molecular complexity index is 686. The maximum atomic E-state index is 12.7. The molecule has 0 aromatic heterocycles. The predicted octanol–water partition coefficient (Wildman–Crippen LogP) is 5.42. The number of carbonyl (C=O) groups is 1. The molecule has 2 amide bonds. The molecule has 0 bridgehead atoms. The van der Waals surface area contributed by atoms with Gasteiger partial charge in [0.05, 0.1) is 5.56 Å². The third-order valence-corrected chi connectivity index (χ3v) is 3.39. The first-order valence-corrected chi connectivity index (χ1v) is 7.20. The normalized spacial score (nSPS) is 11.2. The van der Waals surface area contributed by atoms with Gasteiger partial charge in [-0.05, 0) is 49.4 Å². The summed E-state index contributed by atoms with van der Waals surface area (Å²) in [6.45, 7) is 2.12. The smallest absolute Gasteiger partial charge is 0.308 e. The standard InChI is InChI=1S/C16H14ClF3N2O/c1-2-22(14-8-6-12(17)7-9-14)15(23)21-13-5-3-4-11(10-13)16(18,19)20/h3-10H,2H2,1H3,(H,21,23). The summed E-state index contributed by atoms with van der Waals surface area (Å²) in [5.41, 5.74) is -0.136. The summed E-state index contributed by atoms with van der Waals surface area (Å²) < 4.78 is 38.1. The number of nitrogens with zero attached hydrogens (tertiary/aromatic N) is 1. The lowest BCUT2D eigenvalue weighted by molar-refractivity contribution is -0.137. The highest BCUT2D eigenvalue weighted by atomic mass is 35.5. The number of nitrogens with one attached hydrogen (secondary N) is 1. The van der Waals surface area contributed by atoms with Gasteiger partial charge in [-0.15, -0.1) is 0 Å². The largest absolute Gasteiger partial charge is 0.416 e. The SMILES string of the molecule is CCN(C(=O)Nc1cccc(C(F)(F)F)c1)c1ccc(Cl)cc1. The summed E-state index contributed by atoms with van der Waals surface area (Å²) in [6, 6.07) is 10.6. The molecular formula is C16H14ClF3N2O. The molecule has 0 saturated heterocycles. The minimum absolute atomic E-state index is 0.0808. The van der Waals surface area contributed by atoms with Crippen molar-refractivity contribution in [3.05, 3.63) is 59.1 Å². The number of alkyl halides is 3. The van der Waals surface area contributed by atoms with Crippen molar-refractivity contribution in [2.45, 2.75) is 13.1 Å². The molecule has 0 fully saturated rings. The van der Waals surface area contributed by atoms with Gasteiger partial charge in [0.2, 0.25) is 0 Å². The van der Waals surface area contributed by atoms with Crippen LogP contribution in [0.4, 0.5) is 29.3 Å². The van der Waals surface area contributed by atoms with E-state index in [9.17, 15) is 18.0 Å². The molecule has 0 saturated carbocycles. The Morgan fingerprint density at radius 1 is 1.17 bits per heavy atom. The predicted molar refractivity (Wildman–Crippen MR) is 84.9 cm³/mol. The van der Waals surface area contributed by atoms with Crippen LogP contribution in [-0.4, -0.2) is 12.6 Å². The molecule has 3 nitrogen and oxygen atoms in total. The second-order valence-corrected chi connectivity index (χ2v) is 5.17. The molecule has 0 unspecified atom stereocenters. The summed E-state index contributed by atoms with van der Waals surface area (Å²) in [5, 5.41) is 3.00. The van der Waals surface area contributed by atoms with Crippen LogP contribution in [0.1, 0.15) is 12.5 Å². The van der Waals surface area contributed by atoms with Gasteiger partial charge in [0, 0.05) is 22.9 Å². The van der Waals surface area contributed by atoms with Crippen molar-refractivity contribution in [1.82, 2.24) is 0 Å². The van der Waals surface area contributed by atoms with Gasteiger partial charge in [-0.25, -0.2) is 4.79 Å². The average Bonchev–Trinajstić information content (AvgIpc) is 2.49. The van der Waals surface area contributed by atoms with Gasteiger partial charge in [-0.1, -0.05) is 17.7 Å². The molecule has 2 aromatic carbocycles. The Labute approximate surface area is 136 Å². The lowest BCUT2D eigenvalue weighted by Crippen LogP contribution is -2.34. The van der Waals surface area contributed by atoms with E-state index in [4.69, 9.17) is 11.6 Å². The Morgan fingerprint density at radius 3 is 2.39 bits per heavy atom. The van der Waals surface area contributed by atoms with Gasteiger partial charge in [-0.3, -0.25) is 4.90 Å². The minimum atomic E-state index is -4.46. The minimum Gasteiger partial charge on any atom is -0.308 e. The van der Waals surface area contributed by atoms with Crippen LogP contribution >= 0.6 is 11.6 Å². The fourth-order valence-electron chi connectivity index (χ4n) is 2.03. The maximum absolute atomic E-state index is 12.7. The van der Waals surface area contributed by atoms with Crippen LogP contribution in [-0.2, 0) is 6.18 Å². The molecular weight excluding hydrogens is 329 g/mol. The highest BCUT2D eigenvalue weighted by molar-refractivity contribution is 6.30. The van der Waals surface area contributed by atoms with Crippen LogP contribution in [0.2, 0.25) is 5.02 Å². The molecule has 0 atom stereocenters. The van der Waals surface area contributed by atoms with Crippen molar-refractivity contribution in [2.24, 2.45) is 0 Å². The number of hydrogen-bond donors (Lipinski definition) is 1. The van der Waals surface area contributed by atoms with E-state index in [-0.39, 0.29) is 5.69 Å². The van der Waals surface area contributed by atoms with E-state index in [1.165, 1.54) is 17.0 Å². The van der Waals surface area contributed by atoms with E-state index in [2.05, 4.69) is 5.32 Å². The Morgan fingerprint density at radius 2 is 1.83 bits per heavy atom. The quantitative estimate of drug-likeness (QED) is 0.794. The van der Waals surface area contributed by atoms with Crippen LogP contribution < -0.4 is 10.2 Å². The van der Waals surface area contributed by atoms with E-state index < -0.39 is 17.8 Å². The molecule has 0 heterocycles. The van der Waals surface area contributed by atoms with Gasteiger partial charge < -0.3 is 5.32 Å². The molecule has 0 aliphatic heterocycles. The molecule has 0 aliphatic rings. The number of halogens is 4. The van der Waals surface area contributed by atoms with Crippen molar-refractivity contribution in [2.75, 3.05) is 16.8 Å². The fourth-order valence-corrected chi connectivity index (χ4v) is 2.15. The second kappa shape index (κ2) is 6.91. The van der Waals surface area contributed by atoms with Crippen LogP contribution in [0, 0.1) is 0 Å². The molecule has 2 aromatic rings. The Kier molecular flexibility index (Phi) is 5.15. The van der Waals surface area contributed by atoms with Crippen LogP contribution in [0.3, 0.4) is 0 Å². The number of urea groups is 1. The summed E-state index contributed by atoms with van der Waals surface area (Å²) in [6.07, 6.45) is -4.46. The van der Waals surface area contributed by atoms with E-state index in [1.54, 1.807) is 31.2 Å². The lowest BCUT2D eigenvalue weighted by Gasteiger charge is -2.22. The number of benzene rings is 2. The van der Waals surface area contributed by atoms with Crippen molar-refractivity contribution in [3.8, 4) is 0 Å². The number of amides is 2. The molecule has 7 heteroatoms. The number of anilines is 2. The lowest BCUT2D eigenvalue weighted by atomic mass is 10.2. The molecule has 0 aliphatic carbocycles. The first kappa shape index (κ1) is 17.1. The zero-order valence-electron chi connectivity index (χ0n) is 12.2. The summed E-state index contributed by atoms with van der Waals surface area (Å²) in [4.78, 5) is 13.7. The summed E-state index contributed by atoms with van der Waals surface area (Å²) >= 11 is 5.80. The fraction of sp³-hybridized carbons (Fsp3) is 0.188. The third kappa shape index (κ3) is 4.39. The van der Waals surface area contributed by atoms with Gasteiger partial charge in [0.25, 0.3) is 0 Å². The monoisotopic (exact) mass is 342 g/mol. The maximum Gasteiger partial charge on any atom is 0.416 e. The van der Waals surface area contributed by atoms with Gasteiger partial charge in [-0.2, -0.15) is 13.2 Å². The van der Waals surface area contributed by atoms with E-state index in [0.29, 0.717) is 17.3 Å². The van der Waals surface area contributed by atoms with Crippen LogP contribution in [0.5, 0.6) is 0 Å². The summed E-state index contributed by atoms with van der Waals surface area (Å²) in [5.74, 6) is 0. The van der Waals surface area contributed by atoms with Crippen molar-refractivity contribution < 1.29 is 18.0 Å². The van der Waals surface area contributed by atoms with Crippen molar-refractivity contribution in [1.29, 1.82) is 0 Å². The van der Waals surface area contributed by atoms with E-state index >= 15 is 0 Å². The highest BCUT2D eigenvalue weighted by Gasteiger charge is 2.30. The zero-order valence-corrected chi connectivity index (χ0v) is 12.9. The van der Waals surface area contributed by atoms with Gasteiger partial charge in [0.1, 0.15) is 0 Å². The molecule has 0 spiro atoms. The van der Waals surface area contributed by atoms with Crippen LogP contribution in [0.15, 0.2) is 48.5 Å². The van der Waals surface area contributed by atoms with Crippen molar-refractivity contribution in [3.63, 3.8) is 0 Å². The first-order valence-electron chi connectivity index (χ1n) is 6.82. The van der Waals surface area contributed by atoms with Gasteiger partial charge >= 0.3 is 12.2 Å². The average molecular weight is 343 g/mol. The Hall–Kier alpha value is -2.21.